The number of aryl methyl sites for hydroxylation is 2. The summed E-state index contributed by atoms with van der Waals surface area (Å²) in [5.41, 5.74) is 2.64. The molecule has 0 radical (unpaired) electrons. The lowest BCUT2D eigenvalue weighted by Gasteiger charge is -2.12. The number of carbonyl (C=O) groups is 1. The lowest BCUT2D eigenvalue weighted by atomic mass is 10.1. The summed E-state index contributed by atoms with van der Waals surface area (Å²) in [4.78, 5) is 12.7. The van der Waals surface area contributed by atoms with Crippen molar-refractivity contribution in [1.82, 2.24) is 3.97 Å². The molecule has 0 atom stereocenters. The van der Waals surface area contributed by atoms with Gasteiger partial charge in [0.15, 0.2) is 0 Å². The van der Waals surface area contributed by atoms with E-state index in [2.05, 4.69) is 0 Å². The largest absolute Gasteiger partial charge is 0.461 e. The summed E-state index contributed by atoms with van der Waals surface area (Å²) in [6.07, 6.45) is 4.73. The second kappa shape index (κ2) is 7.67. The van der Waals surface area contributed by atoms with Crippen LogP contribution in [0.3, 0.4) is 0 Å². The highest BCUT2D eigenvalue weighted by molar-refractivity contribution is 7.90. The zero-order valence-corrected chi connectivity index (χ0v) is 17.5. The standard InChI is InChI=1S/C23H25NO4S/c1-3-28-23(25)22-15-19-14-18(9-8-17-6-7-17)10-13-21(19)24(22)29(26,27)20-11-4-16(2)5-12-20/h4-5,10-15,17H,3,6-9H2,1-2H3. The van der Waals surface area contributed by atoms with E-state index in [0.29, 0.717) is 5.52 Å². The van der Waals surface area contributed by atoms with E-state index in [0.717, 1.165) is 39.2 Å². The normalized spacial score (nSPS) is 14.3. The maximum Gasteiger partial charge on any atom is 0.356 e. The van der Waals surface area contributed by atoms with Crippen LogP contribution in [-0.4, -0.2) is 25.0 Å². The first-order valence-corrected chi connectivity index (χ1v) is 11.5. The smallest absolute Gasteiger partial charge is 0.356 e. The summed E-state index contributed by atoms with van der Waals surface area (Å²) >= 11 is 0. The molecule has 29 heavy (non-hydrogen) atoms. The van der Waals surface area contributed by atoms with Crippen LogP contribution in [0.2, 0.25) is 0 Å². The average Bonchev–Trinajstić information content (AvgIpc) is 3.44. The van der Waals surface area contributed by atoms with Crippen molar-refractivity contribution >= 4 is 26.9 Å². The number of esters is 1. The Morgan fingerprint density at radius 1 is 1.10 bits per heavy atom. The van der Waals surface area contributed by atoms with Crippen LogP contribution in [-0.2, 0) is 21.2 Å². The molecule has 0 N–H and O–H groups in total. The van der Waals surface area contributed by atoms with Gasteiger partial charge >= 0.3 is 5.97 Å². The van der Waals surface area contributed by atoms with E-state index in [9.17, 15) is 13.2 Å². The molecule has 5 nitrogen and oxygen atoms in total. The molecule has 0 saturated heterocycles. The molecule has 0 spiro atoms. The third kappa shape index (κ3) is 3.94. The van der Waals surface area contributed by atoms with Crippen molar-refractivity contribution in [2.24, 2.45) is 5.92 Å². The van der Waals surface area contributed by atoms with Crippen LogP contribution in [0, 0.1) is 12.8 Å². The first-order valence-electron chi connectivity index (χ1n) is 10.0. The number of rotatable bonds is 7. The van der Waals surface area contributed by atoms with Gasteiger partial charge < -0.3 is 4.74 Å². The first kappa shape index (κ1) is 19.7. The number of benzene rings is 2. The lowest BCUT2D eigenvalue weighted by molar-refractivity contribution is 0.0518. The van der Waals surface area contributed by atoms with Crippen LogP contribution in [0.5, 0.6) is 0 Å². The molecule has 1 saturated carbocycles. The molecule has 0 unspecified atom stereocenters. The number of fused-ring (bicyclic) bond motifs is 1. The quantitative estimate of drug-likeness (QED) is 0.528. The predicted molar refractivity (Wildman–Crippen MR) is 113 cm³/mol. The molecule has 6 heteroatoms. The third-order valence-electron chi connectivity index (χ3n) is 5.40. The average molecular weight is 412 g/mol. The van der Waals surface area contributed by atoms with Gasteiger partial charge in [-0.1, -0.05) is 36.6 Å². The highest BCUT2D eigenvalue weighted by atomic mass is 32.2. The van der Waals surface area contributed by atoms with Crippen LogP contribution < -0.4 is 0 Å². The number of hydrogen-bond donors (Lipinski definition) is 0. The molecule has 2 aromatic carbocycles. The van der Waals surface area contributed by atoms with E-state index in [1.54, 1.807) is 43.3 Å². The number of aromatic nitrogens is 1. The van der Waals surface area contributed by atoms with Gasteiger partial charge in [-0.3, -0.25) is 0 Å². The van der Waals surface area contributed by atoms with Crippen molar-refractivity contribution in [3.8, 4) is 0 Å². The van der Waals surface area contributed by atoms with Crippen molar-refractivity contribution in [3.63, 3.8) is 0 Å². The Bertz CT molecular complexity index is 1160. The second-order valence-electron chi connectivity index (χ2n) is 7.71. The molecular weight excluding hydrogens is 386 g/mol. The minimum Gasteiger partial charge on any atom is -0.461 e. The van der Waals surface area contributed by atoms with Gasteiger partial charge in [0.05, 0.1) is 17.0 Å². The van der Waals surface area contributed by atoms with Crippen molar-refractivity contribution < 1.29 is 17.9 Å². The van der Waals surface area contributed by atoms with Crippen LogP contribution in [0.15, 0.2) is 53.4 Å². The van der Waals surface area contributed by atoms with Gasteiger partial charge in [0, 0.05) is 5.39 Å². The van der Waals surface area contributed by atoms with Crippen LogP contribution in [0.1, 0.15) is 47.8 Å². The second-order valence-corrected chi connectivity index (χ2v) is 9.49. The summed E-state index contributed by atoms with van der Waals surface area (Å²) < 4.78 is 33.1. The molecule has 1 aliphatic rings. The fourth-order valence-corrected chi connectivity index (χ4v) is 5.10. The van der Waals surface area contributed by atoms with Gasteiger partial charge in [0.2, 0.25) is 0 Å². The summed E-state index contributed by atoms with van der Waals surface area (Å²) in [5, 5.41) is 0.733. The molecule has 1 aromatic heterocycles. The van der Waals surface area contributed by atoms with Crippen LogP contribution in [0.4, 0.5) is 0 Å². The molecule has 4 rings (SSSR count). The zero-order valence-electron chi connectivity index (χ0n) is 16.7. The van der Waals surface area contributed by atoms with E-state index in [-0.39, 0.29) is 17.2 Å². The van der Waals surface area contributed by atoms with Crippen molar-refractivity contribution in [3.05, 3.63) is 65.4 Å². The Morgan fingerprint density at radius 2 is 1.83 bits per heavy atom. The third-order valence-corrected chi connectivity index (χ3v) is 7.15. The lowest BCUT2D eigenvalue weighted by Crippen LogP contribution is -2.19. The molecule has 1 aliphatic carbocycles. The fraction of sp³-hybridized carbons (Fsp3) is 0.348. The Kier molecular flexibility index (Phi) is 5.21. The molecule has 3 aromatic rings. The van der Waals surface area contributed by atoms with Gasteiger partial charge in [-0.15, -0.1) is 0 Å². The Morgan fingerprint density at radius 3 is 2.48 bits per heavy atom. The summed E-state index contributed by atoms with van der Waals surface area (Å²) in [7, 11) is -3.95. The van der Waals surface area contributed by atoms with Gasteiger partial charge in [-0.2, -0.15) is 0 Å². The molecule has 1 heterocycles. The van der Waals surface area contributed by atoms with E-state index < -0.39 is 16.0 Å². The first-order chi connectivity index (χ1) is 13.9. The molecule has 1 fully saturated rings. The van der Waals surface area contributed by atoms with Crippen molar-refractivity contribution in [1.29, 1.82) is 0 Å². The van der Waals surface area contributed by atoms with E-state index in [4.69, 9.17) is 4.74 Å². The molecular formula is C23H25NO4S. The Balaban J connectivity index is 1.83. The Labute approximate surface area is 171 Å². The zero-order chi connectivity index (χ0) is 20.6. The molecule has 152 valence electrons. The molecule has 0 aliphatic heterocycles. The maximum atomic E-state index is 13.4. The minimum absolute atomic E-state index is 0.0294. The summed E-state index contributed by atoms with van der Waals surface area (Å²) in [5.74, 6) is 0.186. The van der Waals surface area contributed by atoms with Crippen LogP contribution in [0.25, 0.3) is 10.9 Å². The van der Waals surface area contributed by atoms with Gasteiger partial charge in [-0.25, -0.2) is 17.2 Å². The maximum absolute atomic E-state index is 13.4. The minimum atomic E-state index is -3.95. The topological polar surface area (TPSA) is 65.4 Å². The highest BCUT2D eigenvalue weighted by Gasteiger charge is 2.27. The van der Waals surface area contributed by atoms with Crippen molar-refractivity contribution in [2.45, 2.75) is 44.4 Å². The number of nitrogens with zero attached hydrogens (tertiary/aromatic N) is 1. The SMILES string of the molecule is CCOC(=O)c1cc2cc(CCC3CC3)ccc2n1S(=O)(=O)c1ccc(C)cc1. The predicted octanol–water partition coefficient (Wildman–Crippen LogP) is 4.71. The van der Waals surface area contributed by atoms with E-state index >= 15 is 0 Å². The summed E-state index contributed by atoms with van der Waals surface area (Å²) in [6.45, 7) is 3.78. The van der Waals surface area contributed by atoms with Gasteiger partial charge in [0.1, 0.15) is 5.69 Å². The van der Waals surface area contributed by atoms with Crippen LogP contribution >= 0.6 is 0 Å². The van der Waals surface area contributed by atoms with Crippen molar-refractivity contribution in [2.75, 3.05) is 6.61 Å². The fourth-order valence-electron chi connectivity index (χ4n) is 3.59. The van der Waals surface area contributed by atoms with E-state index in [1.807, 2.05) is 19.1 Å². The summed E-state index contributed by atoms with van der Waals surface area (Å²) in [6, 6.07) is 14.0. The highest BCUT2D eigenvalue weighted by Crippen LogP contribution is 2.34. The van der Waals surface area contributed by atoms with Gasteiger partial charge in [-0.05, 0) is 68.5 Å². The number of carbonyl (C=O) groups excluding carboxylic acids is 1. The van der Waals surface area contributed by atoms with E-state index in [1.165, 1.54) is 12.8 Å². The van der Waals surface area contributed by atoms with Gasteiger partial charge in [0.25, 0.3) is 10.0 Å². The monoisotopic (exact) mass is 411 g/mol. The molecule has 0 bridgehead atoms. The number of hydrogen-bond acceptors (Lipinski definition) is 4. The molecule has 0 amide bonds. The number of ether oxygens (including phenoxy) is 1. The Hall–Kier alpha value is -2.60.